The number of hydrogen-bond donors (Lipinski definition) is 0. The summed E-state index contributed by atoms with van der Waals surface area (Å²) in [7, 11) is -6.67. The lowest BCUT2D eigenvalue weighted by Crippen LogP contribution is -2.51. The highest BCUT2D eigenvalue weighted by Crippen LogP contribution is 2.14. The SMILES string of the molecule is CC(C)(C)OC(=O)N1CCN(S(=O)(=O)N=S(C)(C)=O)CC1. The minimum Gasteiger partial charge on any atom is -0.444 e. The number of rotatable bonds is 2. The molecule has 0 N–H and O–H groups in total. The van der Waals surface area contributed by atoms with Crippen molar-refractivity contribution in [3.63, 3.8) is 0 Å². The molecule has 0 atom stereocenters. The van der Waals surface area contributed by atoms with Gasteiger partial charge >= 0.3 is 16.3 Å². The van der Waals surface area contributed by atoms with E-state index in [0.717, 1.165) is 4.31 Å². The molecule has 1 aliphatic rings. The van der Waals surface area contributed by atoms with Crippen molar-refractivity contribution in [2.45, 2.75) is 26.4 Å². The number of piperazine rings is 1. The fourth-order valence-electron chi connectivity index (χ4n) is 1.70. The van der Waals surface area contributed by atoms with Crippen LogP contribution in [0.15, 0.2) is 3.77 Å². The minimum absolute atomic E-state index is 0.112. The Morgan fingerprint density at radius 1 is 1.05 bits per heavy atom. The van der Waals surface area contributed by atoms with Crippen molar-refractivity contribution in [2.24, 2.45) is 3.77 Å². The van der Waals surface area contributed by atoms with Crippen LogP contribution in [-0.4, -0.2) is 72.2 Å². The highest BCUT2D eigenvalue weighted by Gasteiger charge is 2.31. The van der Waals surface area contributed by atoms with Crippen LogP contribution in [0.3, 0.4) is 0 Å². The summed E-state index contributed by atoms with van der Waals surface area (Å²) >= 11 is 0. The highest BCUT2D eigenvalue weighted by molar-refractivity contribution is 8.01. The van der Waals surface area contributed by atoms with E-state index in [1.807, 2.05) is 0 Å². The van der Waals surface area contributed by atoms with E-state index in [9.17, 15) is 17.4 Å². The summed E-state index contributed by atoms with van der Waals surface area (Å²) in [5.41, 5.74) is -0.592. The lowest BCUT2D eigenvalue weighted by molar-refractivity contribution is 0.0192. The first kappa shape index (κ1) is 18.2. The molecule has 0 bridgehead atoms. The van der Waals surface area contributed by atoms with E-state index in [4.69, 9.17) is 4.74 Å². The second kappa shape index (κ2) is 6.09. The molecule has 0 aromatic carbocycles. The molecule has 0 aromatic rings. The van der Waals surface area contributed by atoms with Gasteiger partial charge in [-0.05, 0) is 20.8 Å². The Bertz CT molecular complexity index is 598. The molecule has 1 aliphatic heterocycles. The Kier molecular flexibility index (Phi) is 5.27. The Balaban J connectivity index is 2.69. The highest BCUT2D eigenvalue weighted by atomic mass is 32.3. The number of carbonyl (C=O) groups excluding carboxylic acids is 1. The predicted octanol–water partition coefficient (Wildman–Crippen LogP) is 0.512. The first-order chi connectivity index (χ1) is 9.30. The Morgan fingerprint density at radius 2 is 1.52 bits per heavy atom. The van der Waals surface area contributed by atoms with E-state index in [-0.39, 0.29) is 26.2 Å². The van der Waals surface area contributed by atoms with E-state index in [1.54, 1.807) is 20.8 Å². The van der Waals surface area contributed by atoms with Crippen LogP contribution in [0.25, 0.3) is 0 Å². The van der Waals surface area contributed by atoms with Gasteiger partial charge in [0.05, 0.1) is 9.73 Å². The van der Waals surface area contributed by atoms with Gasteiger partial charge in [-0.25, -0.2) is 9.00 Å². The fraction of sp³-hybridized carbons (Fsp3) is 0.909. The summed E-state index contributed by atoms with van der Waals surface area (Å²) in [4.78, 5) is 13.3. The fourth-order valence-corrected chi connectivity index (χ4v) is 4.52. The quantitative estimate of drug-likeness (QED) is 0.729. The van der Waals surface area contributed by atoms with Gasteiger partial charge in [0.25, 0.3) is 0 Å². The van der Waals surface area contributed by atoms with Gasteiger partial charge in [0, 0.05) is 38.7 Å². The summed E-state index contributed by atoms with van der Waals surface area (Å²) in [6.07, 6.45) is 2.06. The number of amides is 1. The second-order valence-electron chi connectivity index (χ2n) is 6.10. The van der Waals surface area contributed by atoms with Gasteiger partial charge in [-0.1, -0.05) is 3.77 Å². The third-order valence-electron chi connectivity index (χ3n) is 2.49. The zero-order valence-electron chi connectivity index (χ0n) is 13.0. The zero-order chi connectivity index (χ0) is 16.5. The van der Waals surface area contributed by atoms with Crippen molar-refractivity contribution >= 4 is 26.0 Å². The van der Waals surface area contributed by atoms with Crippen LogP contribution in [0.5, 0.6) is 0 Å². The number of ether oxygens (including phenoxy) is 1. The van der Waals surface area contributed by atoms with E-state index >= 15 is 0 Å². The minimum atomic E-state index is -3.92. The van der Waals surface area contributed by atoms with Gasteiger partial charge in [-0.15, -0.1) is 0 Å². The maximum Gasteiger partial charge on any atom is 0.410 e. The van der Waals surface area contributed by atoms with Crippen LogP contribution in [-0.2, 0) is 24.7 Å². The molecule has 10 heteroatoms. The van der Waals surface area contributed by atoms with Gasteiger partial charge in [-0.3, -0.25) is 0 Å². The largest absolute Gasteiger partial charge is 0.444 e. The van der Waals surface area contributed by atoms with Gasteiger partial charge in [-0.2, -0.15) is 12.7 Å². The number of carbonyl (C=O) groups is 1. The van der Waals surface area contributed by atoms with Crippen LogP contribution in [0.2, 0.25) is 0 Å². The molecule has 8 nitrogen and oxygen atoms in total. The maximum absolute atomic E-state index is 12.0. The zero-order valence-corrected chi connectivity index (χ0v) is 14.7. The van der Waals surface area contributed by atoms with E-state index in [1.165, 1.54) is 17.4 Å². The first-order valence-electron chi connectivity index (χ1n) is 6.47. The van der Waals surface area contributed by atoms with Gasteiger partial charge < -0.3 is 9.64 Å². The van der Waals surface area contributed by atoms with E-state index in [2.05, 4.69) is 3.77 Å². The lowest BCUT2D eigenvalue weighted by Gasteiger charge is -2.34. The Morgan fingerprint density at radius 3 is 1.90 bits per heavy atom. The molecule has 1 saturated heterocycles. The van der Waals surface area contributed by atoms with Crippen LogP contribution >= 0.6 is 0 Å². The van der Waals surface area contributed by atoms with Gasteiger partial charge in [0.1, 0.15) is 5.60 Å². The maximum atomic E-state index is 12.0. The summed E-state index contributed by atoms with van der Waals surface area (Å²) < 4.78 is 45.2. The third-order valence-corrected chi connectivity index (χ3v) is 5.70. The molecule has 0 aromatic heterocycles. The van der Waals surface area contributed by atoms with Crippen LogP contribution in [0.4, 0.5) is 4.79 Å². The van der Waals surface area contributed by atoms with Crippen molar-refractivity contribution in [3.05, 3.63) is 0 Å². The van der Waals surface area contributed by atoms with Crippen LogP contribution < -0.4 is 0 Å². The molecule has 0 spiro atoms. The predicted molar refractivity (Wildman–Crippen MR) is 80.7 cm³/mol. The molecule has 0 saturated carbocycles. The number of hydrogen-bond acceptors (Lipinski definition) is 5. The summed E-state index contributed by atoms with van der Waals surface area (Å²) in [5, 5.41) is 0. The van der Waals surface area contributed by atoms with E-state index in [0.29, 0.717) is 0 Å². The van der Waals surface area contributed by atoms with Crippen LogP contribution in [0.1, 0.15) is 20.8 Å². The standard InChI is InChI=1S/C11H23N3O5S2/c1-11(2,3)19-10(15)13-6-8-14(9-7-13)21(17,18)12-20(4,5)16/h6-9H2,1-5H3. The van der Waals surface area contributed by atoms with Crippen molar-refractivity contribution in [3.8, 4) is 0 Å². The molecule has 0 radical (unpaired) electrons. The van der Waals surface area contributed by atoms with Gasteiger partial charge in [0.2, 0.25) is 0 Å². The molecule has 1 fully saturated rings. The molecule has 1 amide bonds. The molecule has 0 unspecified atom stereocenters. The van der Waals surface area contributed by atoms with E-state index < -0.39 is 31.6 Å². The van der Waals surface area contributed by atoms with Crippen molar-refractivity contribution in [1.82, 2.24) is 9.21 Å². The molecule has 1 heterocycles. The lowest BCUT2D eigenvalue weighted by atomic mass is 10.2. The van der Waals surface area contributed by atoms with Gasteiger partial charge in [0.15, 0.2) is 0 Å². The summed E-state index contributed by atoms with van der Waals surface area (Å²) in [5.74, 6) is 0. The third kappa shape index (κ3) is 6.18. The average Bonchev–Trinajstić information content (AvgIpc) is 2.23. The smallest absolute Gasteiger partial charge is 0.410 e. The van der Waals surface area contributed by atoms with Crippen LogP contribution in [0, 0.1) is 0 Å². The molecule has 1 rings (SSSR count). The molecular weight excluding hydrogens is 318 g/mol. The average molecular weight is 341 g/mol. The Hall–Kier alpha value is -0.870. The molecule has 21 heavy (non-hydrogen) atoms. The topological polar surface area (TPSA) is 96.3 Å². The Labute approximate surface area is 126 Å². The normalized spacial score (nSPS) is 18.4. The molecule has 124 valence electrons. The summed E-state index contributed by atoms with van der Waals surface area (Å²) in [6.45, 7) is 5.97. The van der Waals surface area contributed by atoms with Crippen molar-refractivity contribution < 1.29 is 22.2 Å². The van der Waals surface area contributed by atoms with Crippen molar-refractivity contribution in [1.29, 1.82) is 0 Å². The first-order valence-corrected chi connectivity index (χ1v) is 10.2. The summed E-state index contributed by atoms with van der Waals surface area (Å²) in [6, 6.07) is 0. The molecular formula is C11H23N3O5S2. The van der Waals surface area contributed by atoms with Crippen molar-refractivity contribution in [2.75, 3.05) is 38.7 Å². The number of nitrogens with zero attached hydrogens (tertiary/aromatic N) is 3. The second-order valence-corrected chi connectivity index (χ2v) is 10.5. The molecule has 0 aliphatic carbocycles. The monoisotopic (exact) mass is 341 g/mol.